The van der Waals surface area contributed by atoms with E-state index >= 15 is 0 Å². The van der Waals surface area contributed by atoms with Gasteiger partial charge in [0.05, 0.1) is 11.9 Å². The van der Waals surface area contributed by atoms with Crippen molar-refractivity contribution >= 4 is 23.7 Å². The molecule has 1 aromatic heterocycles. The predicted molar refractivity (Wildman–Crippen MR) is 129 cm³/mol. The number of benzene rings is 2. The fraction of sp³-hybridized carbons (Fsp3) is 0.259. The van der Waals surface area contributed by atoms with Gasteiger partial charge < -0.3 is 14.7 Å². The lowest BCUT2D eigenvalue weighted by Gasteiger charge is -2.16. The van der Waals surface area contributed by atoms with Crippen molar-refractivity contribution in [1.82, 2.24) is 9.88 Å². The molecule has 1 aliphatic carbocycles. The molecule has 3 aromatic rings. The molecule has 1 saturated heterocycles. The maximum absolute atomic E-state index is 12.7. The number of pyridine rings is 1. The molecular weight excluding hydrogens is 446 g/mol. The summed E-state index contributed by atoms with van der Waals surface area (Å²) in [5.74, 6) is -1.17. The summed E-state index contributed by atoms with van der Waals surface area (Å²) in [7, 11) is 0. The van der Waals surface area contributed by atoms with Crippen LogP contribution >= 0.6 is 0 Å². The van der Waals surface area contributed by atoms with Crippen LogP contribution in [0.3, 0.4) is 0 Å². The maximum atomic E-state index is 12.7. The first-order chi connectivity index (χ1) is 17.0. The van der Waals surface area contributed by atoms with Crippen LogP contribution in [0, 0.1) is 5.92 Å². The van der Waals surface area contributed by atoms with Gasteiger partial charge in [0, 0.05) is 25.4 Å². The number of hydrogen-bond acceptors (Lipinski definition) is 5. The molecule has 0 bridgehead atoms. The zero-order valence-corrected chi connectivity index (χ0v) is 19.0. The second kappa shape index (κ2) is 9.58. The van der Waals surface area contributed by atoms with Crippen LogP contribution in [0.1, 0.15) is 40.4 Å². The summed E-state index contributed by atoms with van der Waals surface area (Å²) in [6.45, 7) is 1.13. The van der Waals surface area contributed by atoms with Crippen LogP contribution in [0.25, 0.3) is 11.1 Å². The molecule has 35 heavy (non-hydrogen) atoms. The van der Waals surface area contributed by atoms with Crippen LogP contribution in [0.15, 0.2) is 66.9 Å². The Kier molecular flexibility index (Phi) is 6.18. The monoisotopic (exact) mass is 471 g/mol. The summed E-state index contributed by atoms with van der Waals surface area (Å²) in [6, 6.07) is 19.4. The number of carboxylic acid groups (broad SMARTS) is 1. The first-order valence-electron chi connectivity index (χ1n) is 11.6. The van der Waals surface area contributed by atoms with Crippen molar-refractivity contribution in [1.29, 1.82) is 0 Å². The summed E-state index contributed by atoms with van der Waals surface area (Å²) >= 11 is 0. The van der Waals surface area contributed by atoms with E-state index in [4.69, 9.17) is 9.84 Å². The second-order valence-electron chi connectivity index (χ2n) is 8.89. The highest BCUT2D eigenvalue weighted by Gasteiger charge is 2.30. The molecule has 1 atom stereocenters. The number of ether oxygens (including phenoxy) is 1. The molecule has 1 aliphatic heterocycles. The average Bonchev–Trinajstić information content (AvgIpc) is 3.45. The summed E-state index contributed by atoms with van der Waals surface area (Å²) in [4.78, 5) is 41.8. The van der Waals surface area contributed by atoms with Gasteiger partial charge in [-0.2, -0.15) is 0 Å². The molecule has 0 spiro atoms. The SMILES string of the molecule is O=C(O)CC1CCN(C(=O)c2ccc(NC(=O)OCC3c4ccccc4-c4ccccc43)cn2)C1. The van der Waals surface area contributed by atoms with Gasteiger partial charge in [-0.1, -0.05) is 48.5 Å². The molecule has 2 aliphatic rings. The van der Waals surface area contributed by atoms with E-state index in [9.17, 15) is 14.4 Å². The van der Waals surface area contributed by atoms with E-state index < -0.39 is 12.1 Å². The van der Waals surface area contributed by atoms with E-state index in [1.165, 1.54) is 6.20 Å². The zero-order chi connectivity index (χ0) is 24.4. The minimum Gasteiger partial charge on any atom is -0.481 e. The third kappa shape index (κ3) is 4.73. The van der Waals surface area contributed by atoms with Crippen molar-refractivity contribution in [3.05, 3.63) is 83.7 Å². The molecule has 5 rings (SSSR count). The van der Waals surface area contributed by atoms with E-state index in [2.05, 4.69) is 34.6 Å². The number of aliphatic carboxylic acids is 1. The molecule has 178 valence electrons. The minimum atomic E-state index is -0.855. The molecule has 2 N–H and O–H groups in total. The fourth-order valence-corrected chi connectivity index (χ4v) is 4.94. The summed E-state index contributed by atoms with van der Waals surface area (Å²) < 4.78 is 5.55. The number of anilines is 1. The summed E-state index contributed by atoms with van der Waals surface area (Å²) in [5.41, 5.74) is 5.27. The van der Waals surface area contributed by atoms with Gasteiger partial charge in [-0.25, -0.2) is 9.78 Å². The topological polar surface area (TPSA) is 109 Å². The molecule has 8 nitrogen and oxygen atoms in total. The molecule has 0 saturated carbocycles. The summed E-state index contributed by atoms with van der Waals surface area (Å²) in [5, 5.41) is 11.6. The Morgan fingerprint density at radius 1 is 1.00 bits per heavy atom. The number of carbonyl (C=O) groups excluding carboxylic acids is 2. The smallest absolute Gasteiger partial charge is 0.411 e. The van der Waals surface area contributed by atoms with Crippen molar-refractivity contribution in [3.8, 4) is 11.1 Å². The minimum absolute atomic E-state index is 0.0308. The zero-order valence-electron chi connectivity index (χ0n) is 19.0. The molecule has 0 radical (unpaired) electrons. The second-order valence-corrected chi connectivity index (χ2v) is 8.89. The van der Waals surface area contributed by atoms with Crippen LogP contribution < -0.4 is 5.32 Å². The standard InChI is InChI=1S/C27H25N3O5/c31-25(32)13-17-11-12-30(15-17)26(33)24-10-9-18(14-28-24)29-27(34)35-16-23-21-7-3-1-5-19(21)20-6-2-4-8-22(20)23/h1-10,14,17,23H,11-13,15-16H2,(H,29,34)(H,31,32). The maximum Gasteiger partial charge on any atom is 0.411 e. The molecule has 2 heterocycles. The number of rotatable bonds is 6. The molecule has 1 unspecified atom stereocenters. The van der Waals surface area contributed by atoms with Gasteiger partial charge in [0.1, 0.15) is 12.3 Å². The van der Waals surface area contributed by atoms with Gasteiger partial charge in [-0.05, 0) is 46.7 Å². The van der Waals surface area contributed by atoms with Gasteiger partial charge in [0.2, 0.25) is 0 Å². The van der Waals surface area contributed by atoms with E-state index in [0.717, 1.165) is 22.3 Å². The van der Waals surface area contributed by atoms with Crippen LogP contribution in [0.5, 0.6) is 0 Å². The molecule has 2 amide bonds. The van der Waals surface area contributed by atoms with Crippen LogP contribution in [-0.2, 0) is 9.53 Å². The van der Waals surface area contributed by atoms with E-state index in [0.29, 0.717) is 25.2 Å². The quantitative estimate of drug-likeness (QED) is 0.552. The average molecular weight is 472 g/mol. The van der Waals surface area contributed by atoms with Crippen LogP contribution in [0.2, 0.25) is 0 Å². The highest BCUT2D eigenvalue weighted by Crippen LogP contribution is 2.44. The highest BCUT2D eigenvalue weighted by atomic mass is 16.5. The Labute approximate surface area is 202 Å². The third-order valence-electron chi connectivity index (χ3n) is 6.61. The van der Waals surface area contributed by atoms with Gasteiger partial charge in [-0.3, -0.25) is 14.9 Å². The molecule has 1 fully saturated rings. The first-order valence-corrected chi connectivity index (χ1v) is 11.6. The van der Waals surface area contributed by atoms with Gasteiger partial charge in [-0.15, -0.1) is 0 Å². The Hall–Kier alpha value is -4.20. The van der Waals surface area contributed by atoms with E-state index in [-0.39, 0.29) is 36.5 Å². The van der Waals surface area contributed by atoms with Crippen LogP contribution in [-0.4, -0.2) is 52.7 Å². The largest absolute Gasteiger partial charge is 0.481 e. The molecule has 8 heteroatoms. The van der Waals surface area contributed by atoms with Crippen molar-refractivity contribution < 1.29 is 24.2 Å². The first kappa shape index (κ1) is 22.6. The normalized spacial score (nSPS) is 16.5. The number of carboxylic acids is 1. The Morgan fingerprint density at radius 2 is 1.69 bits per heavy atom. The number of aromatic nitrogens is 1. The highest BCUT2D eigenvalue weighted by molar-refractivity contribution is 5.93. The van der Waals surface area contributed by atoms with Gasteiger partial charge in [0.15, 0.2) is 0 Å². The van der Waals surface area contributed by atoms with Crippen molar-refractivity contribution in [2.45, 2.75) is 18.8 Å². The fourth-order valence-electron chi connectivity index (χ4n) is 4.94. The number of likely N-dealkylation sites (tertiary alicyclic amines) is 1. The lowest BCUT2D eigenvalue weighted by Crippen LogP contribution is -2.29. The lowest BCUT2D eigenvalue weighted by molar-refractivity contribution is -0.138. The van der Waals surface area contributed by atoms with Gasteiger partial charge >= 0.3 is 12.1 Å². The lowest BCUT2D eigenvalue weighted by atomic mass is 9.98. The Balaban J connectivity index is 1.17. The van der Waals surface area contributed by atoms with Crippen molar-refractivity contribution in [3.63, 3.8) is 0 Å². The summed E-state index contributed by atoms with van der Waals surface area (Å²) in [6.07, 6.45) is 1.54. The van der Waals surface area contributed by atoms with Crippen molar-refractivity contribution in [2.24, 2.45) is 5.92 Å². The number of nitrogens with one attached hydrogen (secondary N) is 1. The Bertz CT molecular complexity index is 1230. The molecular formula is C27H25N3O5. The number of amides is 2. The van der Waals surface area contributed by atoms with E-state index in [1.54, 1.807) is 17.0 Å². The molecule has 2 aromatic carbocycles. The van der Waals surface area contributed by atoms with E-state index in [1.807, 2.05) is 24.3 Å². The third-order valence-corrected chi connectivity index (χ3v) is 6.61. The number of fused-ring (bicyclic) bond motifs is 3. The van der Waals surface area contributed by atoms with Crippen LogP contribution in [0.4, 0.5) is 10.5 Å². The Morgan fingerprint density at radius 3 is 2.31 bits per heavy atom. The number of nitrogens with zero attached hydrogens (tertiary/aromatic N) is 2. The number of hydrogen-bond donors (Lipinski definition) is 2. The van der Waals surface area contributed by atoms with Crippen molar-refractivity contribution in [2.75, 3.05) is 25.0 Å². The number of carbonyl (C=O) groups is 3. The predicted octanol–water partition coefficient (Wildman–Crippen LogP) is 4.38. The van der Waals surface area contributed by atoms with Gasteiger partial charge in [0.25, 0.3) is 5.91 Å².